The van der Waals surface area contributed by atoms with Crippen molar-refractivity contribution in [2.75, 3.05) is 11.1 Å². The molecule has 0 aliphatic heterocycles. The van der Waals surface area contributed by atoms with Crippen LogP contribution < -0.4 is 11.1 Å². The molecule has 1 aromatic heterocycles. The lowest BCUT2D eigenvalue weighted by Crippen LogP contribution is -2.12. The number of alkyl halides is 3. The van der Waals surface area contributed by atoms with Gasteiger partial charge in [0.2, 0.25) is 0 Å². The van der Waals surface area contributed by atoms with Crippen LogP contribution in [0.15, 0.2) is 30.3 Å². The van der Waals surface area contributed by atoms with Gasteiger partial charge in [0.05, 0.1) is 6.04 Å². The molecule has 1 heterocycles. The van der Waals surface area contributed by atoms with Gasteiger partial charge >= 0.3 is 6.18 Å². The normalized spacial score (nSPS) is 17.6. The first-order chi connectivity index (χ1) is 9.93. The SMILES string of the molecule is Nc1ccc2c(c1)CCC2Nc1ccc(C(F)(F)F)nn1. The smallest absolute Gasteiger partial charge is 0.399 e. The van der Waals surface area contributed by atoms with E-state index in [1.54, 1.807) is 0 Å². The lowest BCUT2D eigenvalue weighted by molar-refractivity contribution is -0.141. The molecule has 0 fully saturated rings. The molecule has 0 amide bonds. The summed E-state index contributed by atoms with van der Waals surface area (Å²) in [6.45, 7) is 0. The molecule has 110 valence electrons. The van der Waals surface area contributed by atoms with E-state index in [9.17, 15) is 13.2 Å². The maximum absolute atomic E-state index is 12.4. The molecule has 0 radical (unpaired) electrons. The Morgan fingerprint density at radius 1 is 1.14 bits per heavy atom. The summed E-state index contributed by atoms with van der Waals surface area (Å²) in [5.41, 5.74) is 7.72. The van der Waals surface area contributed by atoms with Crippen molar-refractivity contribution in [2.45, 2.75) is 25.1 Å². The summed E-state index contributed by atoms with van der Waals surface area (Å²) in [4.78, 5) is 0. The van der Waals surface area contributed by atoms with Crippen molar-refractivity contribution in [3.63, 3.8) is 0 Å². The molecule has 0 bridgehead atoms. The van der Waals surface area contributed by atoms with E-state index in [1.165, 1.54) is 6.07 Å². The highest BCUT2D eigenvalue weighted by molar-refractivity contribution is 5.50. The third-order valence-corrected chi connectivity index (χ3v) is 3.52. The number of nitrogens with one attached hydrogen (secondary N) is 1. The first kappa shape index (κ1) is 13.7. The molecule has 0 saturated heterocycles. The van der Waals surface area contributed by atoms with Gasteiger partial charge in [0, 0.05) is 5.69 Å². The summed E-state index contributed by atoms with van der Waals surface area (Å²) in [5, 5.41) is 9.91. The van der Waals surface area contributed by atoms with Crippen LogP contribution in [0.2, 0.25) is 0 Å². The highest BCUT2D eigenvalue weighted by atomic mass is 19.4. The Bertz CT molecular complexity index is 652. The van der Waals surface area contributed by atoms with Gasteiger partial charge in [0.25, 0.3) is 0 Å². The first-order valence-electron chi connectivity index (χ1n) is 6.49. The third kappa shape index (κ3) is 2.76. The van der Waals surface area contributed by atoms with Crippen molar-refractivity contribution < 1.29 is 13.2 Å². The molecule has 1 unspecified atom stereocenters. The van der Waals surface area contributed by atoms with Gasteiger partial charge in [0.15, 0.2) is 5.69 Å². The van der Waals surface area contributed by atoms with Crippen molar-refractivity contribution in [3.8, 4) is 0 Å². The summed E-state index contributed by atoms with van der Waals surface area (Å²) in [5.74, 6) is 0.331. The largest absolute Gasteiger partial charge is 0.435 e. The van der Waals surface area contributed by atoms with E-state index in [2.05, 4.69) is 15.5 Å². The van der Waals surface area contributed by atoms with E-state index >= 15 is 0 Å². The second-order valence-electron chi connectivity index (χ2n) is 5.00. The van der Waals surface area contributed by atoms with Crippen molar-refractivity contribution in [1.82, 2.24) is 10.2 Å². The molecule has 0 spiro atoms. The number of fused-ring (bicyclic) bond motifs is 1. The van der Waals surface area contributed by atoms with Gasteiger partial charge in [-0.3, -0.25) is 0 Å². The molecular formula is C14H13F3N4. The Kier molecular flexibility index (Phi) is 3.19. The lowest BCUT2D eigenvalue weighted by atomic mass is 10.1. The third-order valence-electron chi connectivity index (χ3n) is 3.52. The Hall–Kier alpha value is -2.31. The molecule has 0 saturated carbocycles. The molecule has 21 heavy (non-hydrogen) atoms. The van der Waals surface area contributed by atoms with Gasteiger partial charge in [-0.1, -0.05) is 6.07 Å². The van der Waals surface area contributed by atoms with E-state index in [-0.39, 0.29) is 6.04 Å². The van der Waals surface area contributed by atoms with Crippen LogP contribution in [-0.4, -0.2) is 10.2 Å². The quantitative estimate of drug-likeness (QED) is 0.835. The summed E-state index contributed by atoms with van der Waals surface area (Å²) >= 11 is 0. The van der Waals surface area contributed by atoms with E-state index in [0.717, 1.165) is 30.0 Å². The number of aromatic nitrogens is 2. The van der Waals surface area contributed by atoms with Crippen LogP contribution in [0, 0.1) is 0 Å². The minimum absolute atomic E-state index is 0.0200. The van der Waals surface area contributed by atoms with Crippen LogP contribution >= 0.6 is 0 Å². The minimum Gasteiger partial charge on any atom is -0.399 e. The molecule has 3 N–H and O–H groups in total. The molecule has 4 nitrogen and oxygen atoms in total. The van der Waals surface area contributed by atoms with Gasteiger partial charge in [-0.05, 0) is 48.2 Å². The molecule has 1 atom stereocenters. The fraction of sp³-hybridized carbons (Fsp3) is 0.286. The van der Waals surface area contributed by atoms with Crippen LogP contribution in [0.4, 0.5) is 24.7 Å². The topological polar surface area (TPSA) is 63.8 Å². The van der Waals surface area contributed by atoms with Crippen LogP contribution in [-0.2, 0) is 12.6 Å². The molecule has 2 aromatic rings. The number of benzene rings is 1. The second-order valence-corrected chi connectivity index (χ2v) is 5.00. The first-order valence-corrected chi connectivity index (χ1v) is 6.49. The Morgan fingerprint density at radius 2 is 1.95 bits per heavy atom. The van der Waals surface area contributed by atoms with E-state index in [0.29, 0.717) is 11.5 Å². The van der Waals surface area contributed by atoms with Gasteiger partial charge in [-0.25, -0.2) is 0 Å². The van der Waals surface area contributed by atoms with E-state index in [4.69, 9.17) is 5.73 Å². The number of hydrogen-bond donors (Lipinski definition) is 2. The molecule has 7 heteroatoms. The predicted molar refractivity (Wildman–Crippen MR) is 72.6 cm³/mol. The van der Waals surface area contributed by atoms with Crippen molar-refractivity contribution in [2.24, 2.45) is 0 Å². The average molecular weight is 294 g/mol. The molecule has 1 aliphatic carbocycles. The van der Waals surface area contributed by atoms with Crippen LogP contribution in [0.5, 0.6) is 0 Å². The summed E-state index contributed by atoms with van der Waals surface area (Å²) < 4.78 is 37.3. The van der Waals surface area contributed by atoms with E-state index < -0.39 is 11.9 Å². The molecule has 3 rings (SSSR count). The maximum Gasteiger partial charge on any atom is 0.435 e. The number of nitrogens with two attached hydrogens (primary N) is 1. The summed E-state index contributed by atoms with van der Waals surface area (Å²) in [6, 6.07) is 7.92. The lowest BCUT2D eigenvalue weighted by Gasteiger charge is -2.15. The zero-order valence-corrected chi connectivity index (χ0v) is 11.0. The number of rotatable bonds is 2. The van der Waals surface area contributed by atoms with Gasteiger partial charge in [-0.2, -0.15) is 13.2 Å². The monoisotopic (exact) mass is 294 g/mol. The molecule has 1 aliphatic rings. The van der Waals surface area contributed by atoms with Gasteiger partial charge in [-0.15, -0.1) is 10.2 Å². The fourth-order valence-corrected chi connectivity index (χ4v) is 2.53. The average Bonchev–Trinajstić information content (AvgIpc) is 2.80. The van der Waals surface area contributed by atoms with Crippen molar-refractivity contribution in [3.05, 3.63) is 47.2 Å². The van der Waals surface area contributed by atoms with Crippen molar-refractivity contribution in [1.29, 1.82) is 0 Å². The van der Waals surface area contributed by atoms with Gasteiger partial charge in [0.1, 0.15) is 5.82 Å². The zero-order chi connectivity index (χ0) is 15.0. The standard InChI is InChI=1S/C14H13F3N4/c15-14(16,17)12-5-6-13(21-20-12)19-11-4-1-8-7-9(18)2-3-10(8)11/h2-3,5-7,11H,1,4,18H2,(H,19,21). The fourth-order valence-electron chi connectivity index (χ4n) is 2.53. The minimum atomic E-state index is -4.47. The Morgan fingerprint density at radius 3 is 2.62 bits per heavy atom. The Labute approximate surface area is 119 Å². The number of hydrogen-bond acceptors (Lipinski definition) is 4. The number of nitrogen functional groups attached to an aromatic ring is 1. The number of nitrogens with zero attached hydrogens (tertiary/aromatic N) is 2. The molecular weight excluding hydrogens is 281 g/mol. The molecule has 1 aromatic carbocycles. The predicted octanol–water partition coefficient (Wildman–Crippen LogP) is 3.18. The Balaban J connectivity index is 1.77. The second kappa shape index (κ2) is 4.91. The van der Waals surface area contributed by atoms with Crippen LogP contribution in [0.1, 0.15) is 29.3 Å². The van der Waals surface area contributed by atoms with Crippen LogP contribution in [0.3, 0.4) is 0 Å². The number of halogens is 3. The summed E-state index contributed by atoms with van der Waals surface area (Å²) in [7, 11) is 0. The number of anilines is 2. The highest BCUT2D eigenvalue weighted by Crippen LogP contribution is 2.34. The highest BCUT2D eigenvalue weighted by Gasteiger charge is 2.33. The maximum atomic E-state index is 12.4. The van der Waals surface area contributed by atoms with Crippen molar-refractivity contribution >= 4 is 11.5 Å². The van der Waals surface area contributed by atoms with Crippen LogP contribution in [0.25, 0.3) is 0 Å². The number of aryl methyl sites for hydroxylation is 1. The zero-order valence-electron chi connectivity index (χ0n) is 11.0. The summed E-state index contributed by atoms with van der Waals surface area (Å²) in [6.07, 6.45) is -2.74. The van der Waals surface area contributed by atoms with Gasteiger partial charge < -0.3 is 11.1 Å². The van der Waals surface area contributed by atoms with E-state index in [1.807, 2.05) is 18.2 Å².